The molecule has 0 fully saturated rings. The van der Waals surface area contributed by atoms with E-state index < -0.39 is 0 Å². The van der Waals surface area contributed by atoms with Gasteiger partial charge in [0.15, 0.2) is 0 Å². The lowest BCUT2D eigenvalue weighted by molar-refractivity contribution is 0.588. The lowest BCUT2D eigenvalue weighted by Crippen LogP contribution is -2.21. The smallest absolute Gasteiger partial charge is 0.147 e. The van der Waals surface area contributed by atoms with Crippen molar-refractivity contribution in [3.05, 3.63) is 45.4 Å². The first kappa shape index (κ1) is 15.2. The summed E-state index contributed by atoms with van der Waals surface area (Å²) in [6.45, 7) is 9.83. The van der Waals surface area contributed by atoms with Gasteiger partial charge in [-0.3, -0.25) is 0 Å². The largest absolute Gasteiger partial charge is 0.310 e. The number of benzene rings is 1. The zero-order valence-corrected chi connectivity index (χ0v) is 14.0. The van der Waals surface area contributed by atoms with Crippen LogP contribution in [0, 0.1) is 13.8 Å². The van der Waals surface area contributed by atoms with E-state index in [2.05, 4.69) is 63.4 Å². The Bertz CT molecular complexity index is 590. The number of rotatable bonds is 5. The van der Waals surface area contributed by atoms with Gasteiger partial charge in [-0.25, -0.2) is 9.67 Å². The molecule has 0 radical (unpaired) electrons. The molecule has 1 aromatic carbocycles. The quantitative estimate of drug-likeness (QED) is 0.911. The number of nitrogens with one attached hydrogen (secondary N) is 1. The lowest BCUT2D eigenvalue weighted by Gasteiger charge is -2.11. The summed E-state index contributed by atoms with van der Waals surface area (Å²) < 4.78 is 3.05. The summed E-state index contributed by atoms with van der Waals surface area (Å²) in [5.74, 6) is 1.76. The fourth-order valence-corrected chi connectivity index (χ4v) is 2.57. The van der Waals surface area contributed by atoms with E-state index in [0.29, 0.717) is 6.04 Å². The predicted molar refractivity (Wildman–Crippen MR) is 84.7 cm³/mol. The molecule has 0 saturated heterocycles. The molecule has 0 atom stereocenters. The van der Waals surface area contributed by atoms with Crippen molar-refractivity contribution in [3.8, 4) is 0 Å². The second kappa shape index (κ2) is 6.50. The van der Waals surface area contributed by atoms with Crippen molar-refractivity contribution in [2.45, 2.75) is 46.8 Å². The minimum atomic E-state index is 0.495. The van der Waals surface area contributed by atoms with Gasteiger partial charge < -0.3 is 5.32 Å². The molecule has 2 rings (SSSR count). The molecule has 0 bridgehead atoms. The van der Waals surface area contributed by atoms with Crippen molar-refractivity contribution in [2.24, 2.45) is 0 Å². The molecule has 0 spiro atoms. The number of halogens is 1. The third-order valence-electron chi connectivity index (χ3n) is 3.11. The van der Waals surface area contributed by atoms with Gasteiger partial charge >= 0.3 is 0 Å². The van der Waals surface area contributed by atoms with Crippen LogP contribution in [0.2, 0.25) is 0 Å². The molecule has 1 heterocycles. The van der Waals surface area contributed by atoms with Crippen LogP contribution in [0.1, 0.15) is 36.6 Å². The van der Waals surface area contributed by atoms with E-state index in [0.717, 1.165) is 29.2 Å². The maximum atomic E-state index is 4.40. The van der Waals surface area contributed by atoms with Gasteiger partial charge in [0.05, 0.1) is 6.54 Å². The Morgan fingerprint density at radius 2 is 2.05 bits per heavy atom. The molecule has 5 heteroatoms. The van der Waals surface area contributed by atoms with Gasteiger partial charge in [-0.15, -0.1) is 0 Å². The van der Waals surface area contributed by atoms with Gasteiger partial charge in [0.1, 0.15) is 11.6 Å². The number of aryl methyl sites for hydroxylation is 2. The second-order valence-electron chi connectivity index (χ2n) is 5.33. The third-order valence-corrected chi connectivity index (χ3v) is 3.85. The van der Waals surface area contributed by atoms with Crippen LogP contribution in [0.25, 0.3) is 0 Å². The summed E-state index contributed by atoms with van der Waals surface area (Å²) in [6.07, 6.45) is 0. The second-order valence-corrected chi connectivity index (χ2v) is 6.18. The van der Waals surface area contributed by atoms with E-state index in [9.17, 15) is 0 Å². The average Bonchev–Trinajstić information content (AvgIpc) is 2.68. The van der Waals surface area contributed by atoms with E-state index in [-0.39, 0.29) is 0 Å². The maximum absolute atomic E-state index is 4.40. The molecule has 20 heavy (non-hydrogen) atoms. The first-order valence-corrected chi connectivity index (χ1v) is 7.63. The van der Waals surface area contributed by atoms with Crippen LogP contribution in [0.15, 0.2) is 22.7 Å². The minimum Gasteiger partial charge on any atom is -0.310 e. The van der Waals surface area contributed by atoms with Gasteiger partial charge in [0.25, 0.3) is 0 Å². The summed E-state index contributed by atoms with van der Waals surface area (Å²) >= 11 is 3.65. The highest BCUT2D eigenvalue weighted by Gasteiger charge is 2.07. The van der Waals surface area contributed by atoms with Gasteiger partial charge in [-0.05, 0) is 31.0 Å². The molecule has 0 saturated carbocycles. The highest BCUT2D eigenvalue weighted by Crippen LogP contribution is 2.20. The highest BCUT2D eigenvalue weighted by atomic mass is 79.9. The Morgan fingerprint density at radius 3 is 2.60 bits per heavy atom. The molecule has 0 unspecified atom stereocenters. The fourth-order valence-electron chi connectivity index (χ4n) is 2.02. The molecule has 0 aliphatic heterocycles. The summed E-state index contributed by atoms with van der Waals surface area (Å²) in [5.41, 5.74) is 2.49. The van der Waals surface area contributed by atoms with Crippen molar-refractivity contribution < 1.29 is 0 Å². The van der Waals surface area contributed by atoms with Crippen LogP contribution in [0.3, 0.4) is 0 Å². The van der Waals surface area contributed by atoms with Gasteiger partial charge in [-0.1, -0.05) is 41.9 Å². The van der Waals surface area contributed by atoms with Crippen LogP contribution in [0.4, 0.5) is 0 Å². The van der Waals surface area contributed by atoms with E-state index >= 15 is 0 Å². The number of hydrogen-bond acceptors (Lipinski definition) is 3. The molecular formula is C15H21BrN4. The molecular weight excluding hydrogens is 316 g/mol. The van der Waals surface area contributed by atoms with Crippen molar-refractivity contribution >= 4 is 15.9 Å². The van der Waals surface area contributed by atoms with Gasteiger partial charge in [0.2, 0.25) is 0 Å². The molecule has 4 nitrogen and oxygen atoms in total. The maximum Gasteiger partial charge on any atom is 0.147 e. The Kier molecular flexibility index (Phi) is 4.94. The summed E-state index contributed by atoms with van der Waals surface area (Å²) in [7, 11) is 0. The van der Waals surface area contributed by atoms with Crippen molar-refractivity contribution in [1.29, 1.82) is 0 Å². The van der Waals surface area contributed by atoms with Crippen LogP contribution in [-0.2, 0) is 13.1 Å². The Labute approximate surface area is 128 Å². The normalized spacial score (nSPS) is 11.3. The SMILES string of the molecule is Cc1nc(C)n(Cc2ccc(CNC(C)C)cc2Br)n1. The van der Waals surface area contributed by atoms with Crippen molar-refractivity contribution in [2.75, 3.05) is 0 Å². The summed E-state index contributed by atoms with van der Waals surface area (Å²) in [4.78, 5) is 4.33. The predicted octanol–water partition coefficient (Wildman–Crippen LogP) is 3.20. The van der Waals surface area contributed by atoms with Crippen LogP contribution in [0.5, 0.6) is 0 Å². The first-order valence-electron chi connectivity index (χ1n) is 6.84. The van der Waals surface area contributed by atoms with Crippen molar-refractivity contribution in [1.82, 2.24) is 20.1 Å². The summed E-state index contributed by atoms with van der Waals surface area (Å²) in [5, 5.41) is 7.82. The highest BCUT2D eigenvalue weighted by molar-refractivity contribution is 9.10. The summed E-state index contributed by atoms with van der Waals surface area (Å²) in [6, 6.07) is 6.98. The van der Waals surface area contributed by atoms with E-state index in [1.807, 2.05) is 18.5 Å². The third kappa shape index (κ3) is 3.90. The Balaban J connectivity index is 2.11. The van der Waals surface area contributed by atoms with Crippen molar-refractivity contribution in [3.63, 3.8) is 0 Å². The topological polar surface area (TPSA) is 42.7 Å². The van der Waals surface area contributed by atoms with Crippen LogP contribution in [-0.4, -0.2) is 20.8 Å². The zero-order valence-electron chi connectivity index (χ0n) is 12.4. The lowest BCUT2D eigenvalue weighted by atomic mass is 10.1. The Hall–Kier alpha value is -1.20. The number of hydrogen-bond donors (Lipinski definition) is 1. The monoisotopic (exact) mass is 336 g/mol. The molecule has 2 aromatic rings. The first-order chi connectivity index (χ1) is 9.45. The van der Waals surface area contributed by atoms with E-state index in [1.165, 1.54) is 11.1 Å². The molecule has 0 aliphatic rings. The average molecular weight is 337 g/mol. The van der Waals surface area contributed by atoms with Gasteiger partial charge in [-0.2, -0.15) is 5.10 Å². The fraction of sp³-hybridized carbons (Fsp3) is 0.467. The number of nitrogens with zero attached hydrogens (tertiary/aromatic N) is 3. The molecule has 1 aromatic heterocycles. The van der Waals surface area contributed by atoms with Crippen LogP contribution < -0.4 is 5.32 Å². The van der Waals surface area contributed by atoms with Gasteiger partial charge in [0, 0.05) is 17.1 Å². The van der Waals surface area contributed by atoms with E-state index in [1.54, 1.807) is 0 Å². The molecule has 0 aliphatic carbocycles. The number of aromatic nitrogens is 3. The van der Waals surface area contributed by atoms with Crippen LogP contribution >= 0.6 is 15.9 Å². The Morgan fingerprint density at radius 1 is 1.30 bits per heavy atom. The standard InChI is InChI=1S/C15H21BrN4/c1-10(2)17-8-13-5-6-14(15(16)7-13)9-20-12(4)18-11(3)19-20/h5-7,10,17H,8-9H2,1-4H3. The zero-order chi connectivity index (χ0) is 14.7. The minimum absolute atomic E-state index is 0.495. The molecule has 0 amide bonds. The molecule has 108 valence electrons. The molecule has 1 N–H and O–H groups in total. The van der Waals surface area contributed by atoms with E-state index in [4.69, 9.17) is 0 Å².